The molecular formula is C25H40N2O4S. The lowest BCUT2D eigenvalue weighted by Gasteiger charge is -2.24. The molecule has 2 atom stereocenters. The fourth-order valence-electron chi connectivity index (χ4n) is 3.14. The molecular weight excluding hydrogens is 424 g/mol. The van der Waals surface area contributed by atoms with Gasteiger partial charge in [0.1, 0.15) is 12.6 Å². The molecule has 0 bridgehead atoms. The molecule has 1 aromatic carbocycles. The molecule has 2 N–H and O–H groups in total. The van der Waals surface area contributed by atoms with Gasteiger partial charge in [-0.1, -0.05) is 71.4 Å². The Morgan fingerprint density at radius 2 is 1.56 bits per heavy atom. The number of carbonyl (C=O) groups excluding carboxylic acids is 3. The van der Waals surface area contributed by atoms with E-state index >= 15 is 0 Å². The number of nitrogens with one attached hydrogen (secondary N) is 2. The Bertz CT molecular complexity index is 694. The zero-order valence-corrected chi connectivity index (χ0v) is 21.0. The van der Waals surface area contributed by atoms with Gasteiger partial charge in [-0.15, -0.1) is 0 Å². The smallest absolute Gasteiger partial charge is 0.408 e. The summed E-state index contributed by atoms with van der Waals surface area (Å²) in [6.45, 7) is 10.3. The summed E-state index contributed by atoms with van der Waals surface area (Å²) in [5.74, 6) is 1.46. The van der Waals surface area contributed by atoms with Crippen molar-refractivity contribution in [3.8, 4) is 0 Å². The second-order valence-corrected chi connectivity index (χ2v) is 10.1. The number of alkyl carbamates (subject to hydrolysis) is 1. The topological polar surface area (TPSA) is 84.5 Å². The van der Waals surface area contributed by atoms with E-state index in [2.05, 4.69) is 17.6 Å². The van der Waals surface area contributed by atoms with E-state index in [1.165, 1.54) is 0 Å². The number of ketones is 1. The Hall–Kier alpha value is -2.02. The number of hydrogen-bond donors (Lipinski definition) is 2. The molecule has 0 radical (unpaired) electrons. The third kappa shape index (κ3) is 12.1. The van der Waals surface area contributed by atoms with Crippen molar-refractivity contribution in [1.29, 1.82) is 0 Å². The fraction of sp³-hybridized carbons (Fsp3) is 0.640. The van der Waals surface area contributed by atoms with Crippen LogP contribution in [0.25, 0.3) is 0 Å². The first-order chi connectivity index (χ1) is 15.2. The summed E-state index contributed by atoms with van der Waals surface area (Å²) in [4.78, 5) is 38.1. The van der Waals surface area contributed by atoms with Crippen LogP contribution in [-0.2, 0) is 20.9 Å². The quantitative estimate of drug-likeness (QED) is 0.358. The largest absolute Gasteiger partial charge is 0.445 e. The molecule has 0 heterocycles. The van der Waals surface area contributed by atoms with Gasteiger partial charge in [-0.3, -0.25) is 9.59 Å². The highest BCUT2D eigenvalue weighted by atomic mass is 32.2. The van der Waals surface area contributed by atoms with Gasteiger partial charge in [-0.2, -0.15) is 11.8 Å². The van der Waals surface area contributed by atoms with E-state index in [1.54, 1.807) is 11.8 Å². The minimum Gasteiger partial charge on any atom is -0.445 e. The molecule has 0 saturated carbocycles. The van der Waals surface area contributed by atoms with Crippen molar-refractivity contribution >= 4 is 29.5 Å². The predicted octanol–water partition coefficient (Wildman–Crippen LogP) is 4.96. The summed E-state index contributed by atoms with van der Waals surface area (Å²) in [7, 11) is 0. The second kappa shape index (κ2) is 15.7. The summed E-state index contributed by atoms with van der Waals surface area (Å²) in [6.07, 6.45) is 2.56. The molecule has 0 aromatic heterocycles. The van der Waals surface area contributed by atoms with Crippen LogP contribution in [0.5, 0.6) is 0 Å². The van der Waals surface area contributed by atoms with Crippen LogP contribution < -0.4 is 10.6 Å². The molecule has 2 amide bonds. The highest BCUT2D eigenvalue weighted by Crippen LogP contribution is 2.13. The minimum absolute atomic E-state index is 0.0307. The molecule has 0 aliphatic rings. The molecule has 6 nitrogen and oxygen atoms in total. The highest BCUT2D eigenvalue weighted by Gasteiger charge is 2.28. The normalized spacial score (nSPS) is 13.0. The Morgan fingerprint density at radius 1 is 0.938 bits per heavy atom. The van der Waals surface area contributed by atoms with Gasteiger partial charge in [0, 0.05) is 0 Å². The standard InChI is InChI=1S/C25H40N2O4S/c1-6-7-13-32-17-23(28)21(14-18(2)3)26-24(29)22(15-19(4)5)27-25(30)31-16-20-11-9-8-10-12-20/h8-12,18-19,21-22H,6-7,13-17H2,1-5H3,(H,26,29)(H,27,30)/t21-,22-/m0/s1. The Balaban J connectivity index is 2.72. The van der Waals surface area contributed by atoms with Crippen molar-refractivity contribution in [3.05, 3.63) is 35.9 Å². The molecule has 180 valence electrons. The Kier molecular flexibility index (Phi) is 13.8. The summed E-state index contributed by atoms with van der Waals surface area (Å²) in [5, 5.41) is 5.59. The van der Waals surface area contributed by atoms with Crippen molar-refractivity contribution in [2.24, 2.45) is 11.8 Å². The second-order valence-electron chi connectivity index (χ2n) is 8.95. The van der Waals surface area contributed by atoms with Gasteiger partial charge in [0.15, 0.2) is 5.78 Å². The SMILES string of the molecule is CCCCSCC(=O)[C@H](CC(C)C)NC(=O)[C@H](CC(C)C)NC(=O)OCc1ccccc1. The van der Waals surface area contributed by atoms with Crippen molar-refractivity contribution in [2.75, 3.05) is 11.5 Å². The van der Waals surface area contributed by atoms with Crippen LogP contribution in [0.4, 0.5) is 4.79 Å². The number of amides is 2. The van der Waals surface area contributed by atoms with Crippen LogP contribution in [0, 0.1) is 11.8 Å². The third-order valence-electron chi connectivity index (χ3n) is 4.83. The summed E-state index contributed by atoms with van der Waals surface area (Å²) in [6, 6.07) is 8.07. The highest BCUT2D eigenvalue weighted by molar-refractivity contribution is 7.99. The number of unbranched alkanes of at least 4 members (excludes halogenated alkanes) is 1. The van der Waals surface area contributed by atoms with Crippen LogP contribution in [0.2, 0.25) is 0 Å². The molecule has 0 unspecified atom stereocenters. The maximum Gasteiger partial charge on any atom is 0.408 e. The molecule has 0 spiro atoms. The average molecular weight is 465 g/mol. The molecule has 0 saturated heterocycles. The lowest BCUT2D eigenvalue weighted by atomic mass is 9.99. The first kappa shape index (κ1) is 28.0. The maximum atomic E-state index is 13.0. The number of carbonyl (C=O) groups is 3. The van der Waals surface area contributed by atoms with E-state index in [0.717, 1.165) is 24.2 Å². The predicted molar refractivity (Wildman–Crippen MR) is 132 cm³/mol. The van der Waals surface area contributed by atoms with Crippen molar-refractivity contribution < 1.29 is 19.1 Å². The van der Waals surface area contributed by atoms with E-state index in [9.17, 15) is 14.4 Å². The van der Waals surface area contributed by atoms with Gasteiger partial charge in [0.25, 0.3) is 0 Å². The number of ether oxygens (including phenoxy) is 1. The van der Waals surface area contributed by atoms with Crippen LogP contribution in [-0.4, -0.2) is 41.4 Å². The maximum absolute atomic E-state index is 13.0. The number of Topliss-reactive ketones (excluding diaryl/α,β-unsaturated/α-hetero) is 1. The lowest BCUT2D eigenvalue weighted by molar-refractivity contribution is -0.128. The number of hydrogen-bond acceptors (Lipinski definition) is 5. The van der Waals surface area contributed by atoms with E-state index in [0.29, 0.717) is 18.6 Å². The van der Waals surface area contributed by atoms with Gasteiger partial charge < -0.3 is 15.4 Å². The fourth-order valence-corrected chi connectivity index (χ4v) is 4.18. The zero-order valence-electron chi connectivity index (χ0n) is 20.2. The lowest BCUT2D eigenvalue weighted by Crippen LogP contribution is -2.52. The summed E-state index contributed by atoms with van der Waals surface area (Å²) < 4.78 is 5.28. The van der Waals surface area contributed by atoms with Crippen molar-refractivity contribution in [3.63, 3.8) is 0 Å². The number of benzene rings is 1. The molecule has 1 aromatic rings. The average Bonchev–Trinajstić information content (AvgIpc) is 2.74. The number of thioether (sulfide) groups is 1. The first-order valence-electron chi connectivity index (χ1n) is 11.6. The number of rotatable bonds is 15. The summed E-state index contributed by atoms with van der Waals surface area (Å²) in [5.41, 5.74) is 0.871. The monoisotopic (exact) mass is 464 g/mol. The van der Waals surface area contributed by atoms with Gasteiger partial charge in [0.05, 0.1) is 11.8 Å². The van der Waals surface area contributed by atoms with E-state index in [1.807, 2.05) is 58.0 Å². The van der Waals surface area contributed by atoms with Gasteiger partial charge >= 0.3 is 6.09 Å². The Morgan fingerprint density at radius 3 is 2.16 bits per heavy atom. The third-order valence-corrected chi connectivity index (χ3v) is 5.89. The van der Waals surface area contributed by atoms with Crippen LogP contribution in [0.15, 0.2) is 30.3 Å². The van der Waals surface area contributed by atoms with Crippen LogP contribution in [0.3, 0.4) is 0 Å². The van der Waals surface area contributed by atoms with Crippen molar-refractivity contribution in [1.82, 2.24) is 10.6 Å². The van der Waals surface area contributed by atoms with Crippen LogP contribution >= 0.6 is 11.8 Å². The first-order valence-corrected chi connectivity index (χ1v) is 12.8. The molecule has 0 fully saturated rings. The van der Waals surface area contributed by atoms with Gasteiger partial charge in [-0.25, -0.2) is 4.79 Å². The van der Waals surface area contributed by atoms with Crippen LogP contribution in [0.1, 0.15) is 65.9 Å². The Labute approximate surface area is 197 Å². The van der Waals surface area contributed by atoms with Gasteiger partial charge in [-0.05, 0) is 42.4 Å². The molecule has 7 heteroatoms. The molecule has 32 heavy (non-hydrogen) atoms. The molecule has 0 aliphatic heterocycles. The van der Waals surface area contributed by atoms with E-state index in [4.69, 9.17) is 4.74 Å². The minimum atomic E-state index is -0.756. The van der Waals surface area contributed by atoms with E-state index in [-0.39, 0.29) is 30.1 Å². The zero-order chi connectivity index (χ0) is 23.9. The molecule has 0 aliphatic carbocycles. The van der Waals surface area contributed by atoms with Gasteiger partial charge in [0.2, 0.25) is 5.91 Å². The van der Waals surface area contributed by atoms with E-state index < -0.39 is 18.2 Å². The van der Waals surface area contributed by atoms with Crippen molar-refractivity contribution in [2.45, 2.75) is 79.0 Å². The summed E-state index contributed by atoms with van der Waals surface area (Å²) >= 11 is 1.61. The molecule has 1 rings (SSSR count).